The summed E-state index contributed by atoms with van der Waals surface area (Å²) >= 11 is 0. The van der Waals surface area contributed by atoms with Gasteiger partial charge in [-0.25, -0.2) is 18.4 Å². The summed E-state index contributed by atoms with van der Waals surface area (Å²) in [5.74, 6) is -2.35. The highest BCUT2D eigenvalue weighted by molar-refractivity contribution is 6.12. The molecule has 0 saturated carbocycles. The first-order valence-corrected chi connectivity index (χ1v) is 13.3. The number of ether oxygens (including phenoxy) is 2. The molecule has 2 aliphatic rings. The highest BCUT2D eigenvalue weighted by Gasteiger charge is 2.29. The molecular formula is C30H26F2N6O3. The Kier molecular flexibility index (Phi) is 6.06. The first-order valence-electron chi connectivity index (χ1n) is 13.3. The van der Waals surface area contributed by atoms with Gasteiger partial charge in [-0.05, 0) is 60.4 Å². The zero-order valence-electron chi connectivity index (χ0n) is 22.2. The number of nitrogens with one attached hydrogen (secondary N) is 1. The van der Waals surface area contributed by atoms with E-state index >= 15 is 0 Å². The Hall–Kier alpha value is -4.61. The minimum Gasteiger partial charge on any atom is -0.433 e. The minimum absolute atomic E-state index is 0.00203. The topological polar surface area (TPSA) is 111 Å². The van der Waals surface area contributed by atoms with Gasteiger partial charge in [-0.3, -0.25) is 9.69 Å². The van der Waals surface area contributed by atoms with Gasteiger partial charge in [0, 0.05) is 30.1 Å². The second-order valence-corrected chi connectivity index (χ2v) is 10.4. The highest BCUT2D eigenvalue weighted by atomic mass is 19.1. The van der Waals surface area contributed by atoms with Gasteiger partial charge in [0.25, 0.3) is 0 Å². The van der Waals surface area contributed by atoms with E-state index in [0.717, 1.165) is 55.8 Å². The fourth-order valence-corrected chi connectivity index (χ4v) is 5.44. The Balaban J connectivity index is 1.14. The molecule has 0 aliphatic carbocycles. The number of ketones is 1. The Bertz CT molecular complexity index is 1810. The standard InChI is InChI=1S/C30H26F2N6O3/c1-16-7-27(41-29-22(31)3-2-4-23(29)32)34-12-26(16)38-30(33)21(11-35-38)28(39)25-10-18-8-19-13-37(20-14-40-15-20)6-5-17(19)9-24(18)36-25/h2-4,7-12,20,36H,5-6,13-15,33H2,1H3. The minimum atomic E-state index is -0.837. The van der Waals surface area contributed by atoms with Gasteiger partial charge in [-0.2, -0.15) is 5.10 Å². The molecule has 5 aromatic rings. The third-order valence-corrected chi connectivity index (χ3v) is 7.83. The fourth-order valence-electron chi connectivity index (χ4n) is 5.44. The van der Waals surface area contributed by atoms with E-state index in [-0.39, 0.29) is 23.0 Å². The molecule has 41 heavy (non-hydrogen) atoms. The predicted molar refractivity (Wildman–Crippen MR) is 147 cm³/mol. The first-order chi connectivity index (χ1) is 19.9. The van der Waals surface area contributed by atoms with Gasteiger partial charge in [0.15, 0.2) is 11.6 Å². The van der Waals surface area contributed by atoms with E-state index in [1.165, 1.54) is 40.3 Å². The summed E-state index contributed by atoms with van der Waals surface area (Å²) in [4.78, 5) is 23.4. The van der Waals surface area contributed by atoms with Crippen molar-refractivity contribution in [3.63, 3.8) is 0 Å². The van der Waals surface area contributed by atoms with Crippen LogP contribution in [-0.2, 0) is 17.7 Å². The molecule has 0 unspecified atom stereocenters. The molecule has 2 aromatic carbocycles. The van der Waals surface area contributed by atoms with Crippen molar-refractivity contribution in [3.05, 3.63) is 94.4 Å². The van der Waals surface area contributed by atoms with Crippen LogP contribution in [0.2, 0.25) is 0 Å². The van der Waals surface area contributed by atoms with Gasteiger partial charge in [0.2, 0.25) is 17.4 Å². The van der Waals surface area contributed by atoms with Crippen LogP contribution >= 0.6 is 0 Å². The van der Waals surface area contributed by atoms with Crippen LogP contribution in [0, 0.1) is 18.6 Å². The summed E-state index contributed by atoms with van der Waals surface area (Å²) in [5, 5.41) is 5.30. The van der Waals surface area contributed by atoms with Gasteiger partial charge in [0.05, 0.1) is 48.6 Å². The number of pyridine rings is 1. The van der Waals surface area contributed by atoms with E-state index < -0.39 is 17.4 Å². The van der Waals surface area contributed by atoms with E-state index in [1.54, 1.807) is 6.92 Å². The lowest BCUT2D eigenvalue weighted by atomic mass is 9.96. The zero-order chi connectivity index (χ0) is 28.2. The van der Waals surface area contributed by atoms with Crippen molar-refractivity contribution >= 4 is 22.5 Å². The summed E-state index contributed by atoms with van der Waals surface area (Å²) in [7, 11) is 0. The number of halogens is 2. The number of fused-ring (bicyclic) bond motifs is 2. The van der Waals surface area contributed by atoms with E-state index in [4.69, 9.17) is 15.2 Å². The molecule has 1 saturated heterocycles. The number of benzene rings is 2. The number of H-pyrrole nitrogens is 1. The lowest BCUT2D eigenvalue weighted by molar-refractivity contribution is -0.0694. The number of aryl methyl sites for hydroxylation is 1. The predicted octanol–water partition coefficient (Wildman–Crippen LogP) is 4.70. The van der Waals surface area contributed by atoms with Crippen LogP contribution in [0.25, 0.3) is 16.6 Å². The van der Waals surface area contributed by atoms with Crippen LogP contribution in [0.15, 0.2) is 54.9 Å². The van der Waals surface area contributed by atoms with E-state index in [2.05, 4.69) is 32.1 Å². The van der Waals surface area contributed by atoms with Crippen molar-refractivity contribution in [1.82, 2.24) is 24.6 Å². The summed E-state index contributed by atoms with van der Waals surface area (Å²) in [5.41, 5.74) is 11.6. The molecule has 0 amide bonds. The van der Waals surface area contributed by atoms with E-state index in [0.29, 0.717) is 23.0 Å². The summed E-state index contributed by atoms with van der Waals surface area (Å²) < 4.78 is 40.1. The molecule has 0 radical (unpaired) electrons. The van der Waals surface area contributed by atoms with E-state index in [9.17, 15) is 13.6 Å². The van der Waals surface area contributed by atoms with Crippen molar-refractivity contribution in [2.24, 2.45) is 0 Å². The number of para-hydroxylation sites is 1. The van der Waals surface area contributed by atoms with Gasteiger partial charge >= 0.3 is 0 Å². The van der Waals surface area contributed by atoms with Crippen molar-refractivity contribution in [1.29, 1.82) is 0 Å². The van der Waals surface area contributed by atoms with Crippen LogP contribution in [0.1, 0.15) is 32.7 Å². The number of nitrogens with two attached hydrogens (primary N) is 1. The molecule has 0 atom stereocenters. The van der Waals surface area contributed by atoms with Crippen LogP contribution in [0.5, 0.6) is 11.6 Å². The number of rotatable bonds is 6. The molecule has 9 nitrogen and oxygen atoms in total. The molecule has 5 heterocycles. The molecule has 11 heteroatoms. The second-order valence-electron chi connectivity index (χ2n) is 10.4. The lowest BCUT2D eigenvalue weighted by Crippen LogP contribution is -2.50. The summed E-state index contributed by atoms with van der Waals surface area (Å²) in [6.07, 6.45) is 3.80. The number of carbonyl (C=O) groups excluding carboxylic acids is 1. The summed E-state index contributed by atoms with van der Waals surface area (Å²) in [6, 6.07) is 11.6. The van der Waals surface area contributed by atoms with Crippen molar-refractivity contribution in [2.75, 3.05) is 25.5 Å². The van der Waals surface area contributed by atoms with Crippen LogP contribution in [0.4, 0.5) is 14.6 Å². The SMILES string of the molecule is Cc1cc(Oc2c(F)cccc2F)ncc1-n1ncc(C(=O)c2cc3cc4c(cc3[nH]2)CCN(C2COC2)C4)c1N. The number of nitrogen functional groups attached to an aromatic ring is 1. The van der Waals surface area contributed by atoms with Crippen molar-refractivity contribution in [2.45, 2.75) is 25.9 Å². The Morgan fingerprint density at radius 2 is 1.93 bits per heavy atom. The highest BCUT2D eigenvalue weighted by Crippen LogP contribution is 2.31. The maximum Gasteiger partial charge on any atom is 0.219 e. The van der Waals surface area contributed by atoms with Crippen LogP contribution < -0.4 is 10.5 Å². The van der Waals surface area contributed by atoms with Crippen LogP contribution in [0.3, 0.4) is 0 Å². The van der Waals surface area contributed by atoms with Gasteiger partial charge in [0.1, 0.15) is 5.82 Å². The van der Waals surface area contributed by atoms with E-state index in [1.807, 2.05) is 6.07 Å². The molecular weight excluding hydrogens is 530 g/mol. The lowest BCUT2D eigenvalue weighted by Gasteiger charge is -2.40. The molecule has 0 bridgehead atoms. The average molecular weight is 557 g/mol. The first kappa shape index (κ1) is 25.4. The average Bonchev–Trinajstić information content (AvgIpc) is 3.51. The van der Waals surface area contributed by atoms with Gasteiger partial charge in [-0.15, -0.1) is 0 Å². The third-order valence-electron chi connectivity index (χ3n) is 7.83. The number of aromatic nitrogens is 4. The molecule has 3 aromatic heterocycles. The van der Waals surface area contributed by atoms with Gasteiger partial charge < -0.3 is 20.2 Å². The monoisotopic (exact) mass is 556 g/mol. The maximum atomic E-state index is 14.0. The Morgan fingerprint density at radius 3 is 2.66 bits per heavy atom. The molecule has 2 aliphatic heterocycles. The Morgan fingerprint density at radius 1 is 1.12 bits per heavy atom. The third kappa shape index (κ3) is 4.43. The van der Waals surface area contributed by atoms with Gasteiger partial charge in [-0.1, -0.05) is 6.07 Å². The van der Waals surface area contributed by atoms with Crippen LogP contribution in [-0.4, -0.2) is 56.2 Å². The second kappa shape index (κ2) is 9.79. The molecule has 3 N–H and O–H groups in total. The largest absolute Gasteiger partial charge is 0.433 e. The smallest absolute Gasteiger partial charge is 0.219 e. The quantitative estimate of drug-likeness (QED) is 0.292. The van der Waals surface area contributed by atoms with Crippen molar-refractivity contribution < 1.29 is 23.0 Å². The number of hydrogen-bond acceptors (Lipinski definition) is 7. The molecule has 0 spiro atoms. The molecule has 1 fully saturated rings. The number of hydrogen-bond donors (Lipinski definition) is 2. The normalized spacial score (nSPS) is 15.6. The number of nitrogens with zero attached hydrogens (tertiary/aromatic N) is 4. The zero-order valence-corrected chi connectivity index (χ0v) is 22.2. The number of carbonyl (C=O) groups is 1. The maximum absolute atomic E-state index is 14.0. The fraction of sp³-hybridized carbons (Fsp3) is 0.233. The molecule has 7 rings (SSSR count). The number of aromatic amines is 1. The molecule has 208 valence electrons. The van der Waals surface area contributed by atoms with Crippen molar-refractivity contribution in [3.8, 4) is 17.3 Å². The Labute approximate surface area is 233 Å². The summed E-state index contributed by atoms with van der Waals surface area (Å²) in [6.45, 7) is 5.20. The number of anilines is 1.